The Bertz CT molecular complexity index is 734. The van der Waals surface area contributed by atoms with Crippen LogP contribution < -0.4 is 0 Å². The van der Waals surface area contributed by atoms with E-state index in [1.165, 1.54) is 32.4 Å². The van der Waals surface area contributed by atoms with Crippen LogP contribution in [0.3, 0.4) is 0 Å². The monoisotopic (exact) mass is 341 g/mol. The number of nitrogens with zero attached hydrogens (tertiary/aromatic N) is 4. The third kappa shape index (κ3) is 3.68. The lowest BCUT2D eigenvalue weighted by Gasteiger charge is -2.37. The Morgan fingerprint density at radius 1 is 1.16 bits per heavy atom. The molecular weight excluding hydrogens is 314 g/mol. The maximum atomic E-state index is 12.9. The summed E-state index contributed by atoms with van der Waals surface area (Å²) in [7, 11) is 0. The quantitative estimate of drug-likeness (QED) is 0.932. The van der Waals surface area contributed by atoms with E-state index < -0.39 is 0 Å². The van der Waals surface area contributed by atoms with Crippen molar-refractivity contribution in [3.63, 3.8) is 0 Å². The highest BCUT2D eigenvalue weighted by Gasteiger charge is 2.27. The zero-order chi connectivity index (χ0) is 17.2. The summed E-state index contributed by atoms with van der Waals surface area (Å²) in [6.07, 6.45) is 4.96. The molecule has 1 N–H and O–H groups in total. The number of likely N-dealkylation sites (tertiary alicyclic amines) is 2. The van der Waals surface area contributed by atoms with Gasteiger partial charge in [0.05, 0.1) is 0 Å². The number of benzene rings is 1. The Hall–Kier alpha value is -1.95. The summed E-state index contributed by atoms with van der Waals surface area (Å²) >= 11 is 0. The van der Waals surface area contributed by atoms with E-state index in [9.17, 15) is 4.79 Å². The van der Waals surface area contributed by atoms with Gasteiger partial charge in [-0.15, -0.1) is 0 Å². The second-order valence-electron chi connectivity index (χ2n) is 7.77. The number of aromatic nitrogens is 3. The standard InChI is InChI=1S/C19H27N5O/c1-14-6-9-23(10-7-14)12-15-3-2-8-24(13-15)19(25)16-4-5-17-18(11-16)21-22-20-17/h4-5,11,14-15H,2-3,6-10,12-13H2,1H3,(H,20,21,22). The molecule has 0 saturated carbocycles. The summed E-state index contributed by atoms with van der Waals surface area (Å²) in [6, 6.07) is 5.57. The third-order valence-corrected chi connectivity index (χ3v) is 5.76. The Kier molecular flexibility index (Phi) is 4.70. The van der Waals surface area contributed by atoms with Crippen LogP contribution in [0.2, 0.25) is 0 Å². The first-order valence-electron chi connectivity index (χ1n) is 9.51. The molecule has 6 nitrogen and oxygen atoms in total. The maximum absolute atomic E-state index is 12.9. The predicted octanol–water partition coefficient (Wildman–Crippen LogP) is 2.54. The highest BCUT2D eigenvalue weighted by atomic mass is 16.2. The van der Waals surface area contributed by atoms with Crippen molar-refractivity contribution in [2.75, 3.05) is 32.7 Å². The van der Waals surface area contributed by atoms with Gasteiger partial charge in [0.1, 0.15) is 11.0 Å². The number of nitrogens with one attached hydrogen (secondary N) is 1. The van der Waals surface area contributed by atoms with Crippen molar-refractivity contribution in [1.29, 1.82) is 0 Å². The van der Waals surface area contributed by atoms with E-state index >= 15 is 0 Å². The number of amides is 1. The minimum Gasteiger partial charge on any atom is -0.338 e. The number of hydrogen-bond acceptors (Lipinski definition) is 4. The van der Waals surface area contributed by atoms with E-state index in [-0.39, 0.29) is 5.91 Å². The van der Waals surface area contributed by atoms with Crippen molar-refractivity contribution in [3.05, 3.63) is 23.8 Å². The number of H-pyrrole nitrogens is 1. The first-order chi connectivity index (χ1) is 12.2. The second-order valence-corrected chi connectivity index (χ2v) is 7.77. The van der Waals surface area contributed by atoms with Crippen LogP contribution in [0.4, 0.5) is 0 Å². The van der Waals surface area contributed by atoms with Gasteiger partial charge in [-0.05, 0) is 68.8 Å². The Balaban J connectivity index is 1.39. The third-order valence-electron chi connectivity index (χ3n) is 5.76. The molecule has 25 heavy (non-hydrogen) atoms. The fraction of sp³-hybridized carbons (Fsp3) is 0.632. The van der Waals surface area contributed by atoms with Gasteiger partial charge in [-0.3, -0.25) is 4.79 Å². The molecule has 2 aliphatic rings. The lowest BCUT2D eigenvalue weighted by molar-refractivity contribution is 0.0622. The zero-order valence-electron chi connectivity index (χ0n) is 14.9. The Labute approximate surface area is 148 Å². The predicted molar refractivity (Wildman–Crippen MR) is 97.4 cm³/mol. The van der Waals surface area contributed by atoms with Gasteiger partial charge in [-0.25, -0.2) is 0 Å². The van der Waals surface area contributed by atoms with Crippen LogP contribution in [0.25, 0.3) is 11.0 Å². The van der Waals surface area contributed by atoms with Gasteiger partial charge in [0.15, 0.2) is 0 Å². The molecule has 0 spiro atoms. The normalized spacial score (nSPS) is 23.2. The molecule has 0 bridgehead atoms. The molecule has 1 amide bonds. The van der Waals surface area contributed by atoms with E-state index in [1.807, 2.05) is 23.1 Å². The molecule has 1 aromatic heterocycles. The smallest absolute Gasteiger partial charge is 0.253 e. The minimum absolute atomic E-state index is 0.127. The highest BCUT2D eigenvalue weighted by molar-refractivity contribution is 5.97. The van der Waals surface area contributed by atoms with Crippen LogP contribution in [-0.2, 0) is 0 Å². The molecule has 6 heteroatoms. The summed E-state index contributed by atoms with van der Waals surface area (Å²) < 4.78 is 0. The number of piperidine rings is 2. The van der Waals surface area contributed by atoms with Gasteiger partial charge in [0.2, 0.25) is 0 Å². The van der Waals surface area contributed by atoms with Crippen LogP contribution in [0.1, 0.15) is 43.0 Å². The Morgan fingerprint density at radius 3 is 2.80 bits per heavy atom. The van der Waals surface area contributed by atoms with Gasteiger partial charge in [-0.2, -0.15) is 15.4 Å². The zero-order valence-corrected chi connectivity index (χ0v) is 14.9. The molecule has 2 saturated heterocycles. The number of hydrogen-bond donors (Lipinski definition) is 1. The van der Waals surface area contributed by atoms with E-state index in [4.69, 9.17) is 0 Å². The van der Waals surface area contributed by atoms with Crippen molar-refractivity contribution >= 4 is 16.9 Å². The first kappa shape index (κ1) is 16.5. The Morgan fingerprint density at radius 2 is 1.96 bits per heavy atom. The topological polar surface area (TPSA) is 65.1 Å². The molecule has 0 aliphatic carbocycles. The summed E-state index contributed by atoms with van der Waals surface area (Å²) in [6.45, 7) is 7.66. The number of carbonyl (C=O) groups is 1. The van der Waals surface area contributed by atoms with Gasteiger partial charge in [0, 0.05) is 25.2 Å². The van der Waals surface area contributed by atoms with Crippen molar-refractivity contribution in [3.8, 4) is 0 Å². The van der Waals surface area contributed by atoms with E-state index in [0.29, 0.717) is 11.5 Å². The van der Waals surface area contributed by atoms with Crippen LogP contribution >= 0.6 is 0 Å². The van der Waals surface area contributed by atoms with Crippen LogP contribution in [0, 0.1) is 11.8 Å². The molecule has 0 radical (unpaired) electrons. The number of rotatable bonds is 3. The molecular formula is C19H27N5O. The van der Waals surface area contributed by atoms with E-state index in [2.05, 4.69) is 27.2 Å². The highest BCUT2D eigenvalue weighted by Crippen LogP contribution is 2.23. The number of aromatic amines is 1. The molecule has 1 aromatic carbocycles. The van der Waals surface area contributed by atoms with Gasteiger partial charge < -0.3 is 9.80 Å². The number of fused-ring (bicyclic) bond motifs is 1. The van der Waals surface area contributed by atoms with Crippen molar-refractivity contribution < 1.29 is 4.79 Å². The lowest BCUT2D eigenvalue weighted by Crippen LogP contribution is -2.45. The molecule has 1 atom stereocenters. The first-order valence-corrected chi connectivity index (χ1v) is 9.51. The van der Waals surface area contributed by atoms with Gasteiger partial charge in [-0.1, -0.05) is 6.92 Å². The molecule has 134 valence electrons. The van der Waals surface area contributed by atoms with Crippen molar-refractivity contribution in [2.45, 2.75) is 32.6 Å². The van der Waals surface area contributed by atoms with Gasteiger partial charge >= 0.3 is 0 Å². The molecule has 3 heterocycles. The van der Waals surface area contributed by atoms with E-state index in [0.717, 1.165) is 43.0 Å². The fourth-order valence-corrected chi connectivity index (χ4v) is 4.16. The molecule has 2 aromatic rings. The average molecular weight is 341 g/mol. The van der Waals surface area contributed by atoms with Crippen LogP contribution in [0.15, 0.2) is 18.2 Å². The van der Waals surface area contributed by atoms with Crippen molar-refractivity contribution in [1.82, 2.24) is 25.2 Å². The van der Waals surface area contributed by atoms with Crippen molar-refractivity contribution in [2.24, 2.45) is 11.8 Å². The summed E-state index contributed by atoms with van der Waals surface area (Å²) in [5, 5.41) is 10.7. The summed E-state index contributed by atoms with van der Waals surface area (Å²) in [4.78, 5) is 17.5. The second kappa shape index (κ2) is 7.12. The molecule has 1 unspecified atom stereocenters. The maximum Gasteiger partial charge on any atom is 0.253 e. The largest absolute Gasteiger partial charge is 0.338 e. The summed E-state index contributed by atoms with van der Waals surface area (Å²) in [5.74, 6) is 1.59. The fourth-order valence-electron chi connectivity index (χ4n) is 4.16. The van der Waals surface area contributed by atoms with Crippen LogP contribution in [-0.4, -0.2) is 63.8 Å². The SMILES string of the molecule is CC1CCN(CC2CCCN(C(=O)c3ccc4n[nH]nc4c3)C2)CC1. The van der Waals surface area contributed by atoms with E-state index in [1.54, 1.807) is 0 Å². The molecule has 2 fully saturated rings. The molecule has 4 rings (SSSR count). The number of carbonyl (C=O) groups excluding carboxylic acids is 1. The minimum atomic E-state index is 0.127. The lowest BCUT2D eigenvalue weighted by atomic mass is 9.94. The van der Waals surface area contributed by atoms with Gasteiger partial charge in [0.25, 0.3) is 5.91 Å². The summed E-state index contributed by atoms with van der Waals surface area (Å²) in [5.41, 5.74) is 2.27. The van der Waals surface area contributed by atoms with Crippen LogP contribution in [0.5, 0.6) is 0 Å². The average Bonchev–Trinajstić information content (AvgIpc) is 3.11. The molecule has 2 aliphatic heterocycles.